The molecule has 1 N–H and O–H groups in total. The van der Waals surface area contributed by atoms with Crippen LogP contribution in [0.25, 0.3) is 0 Å². The molecule has 26 heavy (non-hydrogen) atoms. The van der Waals surface area contributed by atoms with E-state index in [-0.39, 0.29) is 17.2 Å². The first-order valence-corrected chi connectivity index (χ1v) is 10.0. The van der Waals surface area contributed by atoms with Crippen molar-refractivity contribution in [1.82, 2.24) is 4.31 Å². The van der Waals surface area contributed by atoms with E-state index in [9.17, 15) is 17.6 Å². The van der Waals surface area contributed by atoms with Gasteiger partial charge >= 0.3 is 0 Å². The summed E-state index contributed by atoms with van der Waals surface area (Å²) in [4.78, 5) is 12.6. The number of anilines is 1. The summed E-state index contributed by atoms with van der Waals surface area (Å²) in [5, 5.41) is 2.64. The van der Waals surface area contributed by atoms with Crippen molar-refractivity contribution in [3.8, 4) is 0 Å². The molecule has 1 amide bonds. The molecular weight excluding hydrogens is 355 g/mol. The van der Waals surface area contributed by atoms with Gasteiger partial charge in [0.05, 0.1) is 4.90 Å². The number of sulfonamides is 1. The summed E-state index contributed by atoms with van der Waals surface area (Å²) in [5.41, 5.74) is 0.364. The average Bonchev–Trinajstić information content (AvgIpc) is 2.63. The molecule has 2 aromatic rings. The van der Waals surface area contributed by atoms with E-state index >= 15 is 0 Å². The third-order valence-electron chi connectivity index (χ3n) is 4.45. The number of carbonyl (C=O) groups excluding carboxylic acids is 1. The summed E-state index contributed by atoms with van der Waals surface area (Å²) >= 11 is 0. The molecule has 0 radical (unpaired) electrons. The fraction of sp³-hybridized carbons (Fsp3) is 0.316. The van der Waals surface area contributed by atoms with E-state index in [2.05, 4.69) is 5.32 Å². The highest BCUT2D eigenvalue weighted by atomic mass is 32.2. The third-order valence-corrected chi connectivity index (χ3v) is 6.42. The van der Waals surface area contributed by atoms with Crippen molar-refractivity contribution in [2.75, 3.05) is 11.9 Å². The molecule has 1 fully saturated rings. The molecular formula is C19H21FN2O3S. The van der Waals surface area contributed by atoms with Gasteiger partial charge in [-0.2, -0.15) is 4.31 Å². The van der Waals surface area contributed by atoms with Crippen LogP contribution in [0.4, 0.5) is 10.1 Å². The molecule has 5 nitrogen and oxygen atoms in total. The fourth-order valence-corrected chi connectivity index (χ4v) is 4.93. The molecule has 0 aliphatic carbocycles. The van der Waals surface area contributed by atoms with Gasteiger partial charge in [0.2, 0.25) is 15.9 Å². The molecule has 7 heteroatoms. The number of hydrogen-bond acceptors (Lipinski definition) is 3. The molecule has 0 spiro atoms. The molecule has 1 aliphatic rings. The highest BCUT2D eigenvalue weighted by Gasteiger charge is 2.34. The normalized spacial score (nSPS) is 18.4. The lowest BCUT2D eigenvalue weighted by molar-refractivity contribution is -0.117. The van der Waals surface area contributed by atoms with Gasteiger partial charge in [-0.1, -0.05) is 30.7 Å². The molecule has 1 unspecified atom stereocenters. The molecule has 2 aromatic carbocycles. The monoisotopic (exact) mass is 376 g/mol. The van der Waals surface area contributed by atoms with Gasteiger partial charge in [-0.05, 0) is 43.2 Å². The topological polar surface area (TPSA) is 66.5 Å². The first-order chi connectivity index (χ1) is 12.5. The van der Waals surface area contributed by atoms with Gasteiger partial charge in [-0.15, -0.1) is 0 Å². The van der Waals surface area contributed by atoms with Crippen molar-refractivity contribution < 1.29 is 17.6 Å². The average molecular weight is 376 g/mol. The molecule has 0 saturated carbocycles. The summed E-state index contributed by atoms with van der Waals surface area (Å²) in [7, 11) is -3.64. The number of halogens is 1. The number of piperidine rings is 1. The second-order valence-electron chi connectivity index (χ2n) is 6.34. The molecule has 1 atom stereocenters. The van der Waals surface area contributed by atoms with Crippen molar-refractivity contribution in [2.45, 2.75) is 36.6 Å². The van der Waals surface area contributed by atoms with Gasteiger partial charge in [0.25, 0.3) is 0 Å². The lowest BCUT2D eigenvalue weighted by atomic mass is 10.0. The van der Waals surface area contributed by atoms with Gasteiger partial charge in [0.15, 0.2) is 0 Å². The number of benzene rings is 2. The van der Waals surface area contributed by atoms with Crippen molar-refractivity contribution in [3.05, 3.63) is 60.4 Å². The molecule has 138 valence electrons. The minimum Gasteiger partial charge on any atom is -0.326 e. The molecule has 1 aliphatic heterocycles. The van der Waals surface area contributed by atoms with Crippen molar-refractivity contribution >= 4 is 21.6 Å². The summed E-state index contributed by atoms with van der Waals surface area (Å²) < 4.78 is 40.5. The van der Waals surface area contributed by atoms with E-state index in [0.717, 1.165) is 12.8 Å². The van der Waals surface area contributed by atoms with Crippen molar-refractivity contribution in [1.29, 1.82) is 0 Å². The van der Waals surface area contributed by atoms with Crippen LogP contribution in [-0.2, 0) is 14.8 Å². The number of amides is 1. The Hall–Kier alpha value is -2.25. The Bertz CT molecular complexity index is 871. The van der Waals surface area contributed by atoms with Crippen LogP contribution < -0.4 is 5.32 Å². The zero-order valence-corrected chi connectivity index (χ0v) is 15.1. The smallest absolute Gasteiger partial charge is 0.243 e. The van der Waals surface area contributed by atoms with Crippen LogP contribution in [0.15, 0.2) is 59.5 Å². The van der Waals surface area contributed by atoms with E-state index < -0.39 is 21.9 Å². The Kier molecular flexibility index (Phi) is 5.68. The minimum absolute atomic E-state index is 0.0442. The number of nitrogens with one attached hydrogen (secondary N) is 1. The van der Waals surface area contributed by atoms with Crippen LogP contribution in [-0.4, -0.2) is 31.2 Å². The van der Waals surface area contributed by atoms with Crippen LogP contribution in [0.5, 0.6) is 0 Å². The van der Waals surface area contributed by atoms with Crippen LogP contribution in [0.3, 0.4) is 0 Å². The number of rotatable bonds is 5. The predicted octanol–water partition coefficient (Wildman–Crippen LogP) is 3.40. The number of carbonyl (C=O) groups is 1. The Balaban J connectivity index is 1.74. The van der Waals surface area contributed by atoms with Gasteiger partial charge in [-0.3, -0.25) is 4.79 Å². The predicted molar refractivity (Wildman–Crippen MR) is 97.6 cm³/mol. The molecule has 0 bridgehead atoms. The lowest BCUT2D eigenvalue weighted by Crippen LogP contribution is -2.45. The highest BCUT2D eigenvalue weighted by Crippen LogP contribution is 2.27. The summed E-state index contributed by atoms with van der Waals surface area (Å²) in [6.45, 7) is 0.398. The van der Waals surface area contributed by atoms with Crippen molar-refractivity contribution in [2.24, 2.45) is 0 Å². The van der Waals surface area contributed by atoms with Crippen LogP contribution in [0, 0.1) is 5.82 Å². The SMILES string of the molecule is O=C(CC1CCCCN1S(=O)(=O)c1ccccc1)Nc1cccc(F)c1. The maximum Gasteiger partial charge on any atom is 0.243 e. The first-order valence-electron chi connectivity index (χ1n) is 8.59. The van der Waals surface area contributed by atoms with E-state index in [4.69, 9.17) is 0 Å². The first kappa shape index (κ1) is 18.5. The van der Waals surface area contributed by atoms with Gasteiger partial charge in [0.1, 0.15) is 5.82 Å². The minimum atomic E-state index is -3.64. The molecule has 0 aromatic heterocycles. The Morgan fingerprint density at radius 2 is 1.88 bits per heavy atom. The zero-order valence-electron chi connectivity index (χ0n) is 14.3. The molecule has 3 rings (SSSR count). The van der Waals surface area contributed by atoms with Crippen LogP contribution in [0.2, 0.25) is 0 Å². The summed E-state index contributed by atoms with van der Waals surface area (Å²) in [6.07, 6.45) is 2.32. The number of nitrogens with zero attached hydrogens (tertiary/aromatic N) is 1. The maximum absolute atomic E-state index is 13.2. The second kappa shape index (κ2) is 7.97. The Labute approximate surface area is 152 Å². The standard InChI is InChI=1S/C19H21FN2O3S/c20-15-7-6-8-16(13-15)21-19(23)14-17-9-4-5-12-22(17)26(24,25)18-10-2-1-3-11-18/h1-3,6-8,10-11,13,17H,4-5,9,12,14H2,(H,21,23). The van der Waals surface area contributed by atoms with E-state index in [1.807, 2.05) is 0 Å². The van der Waals surface area contributed by atoms with E-state index in [0.29, 0.717) is 18.7 Å². The van der Waals surface area contributed by atoms with Crippen LogP contribution >= 0.6 is 0 Å². The second-order valence-corrected chi connectivity index (χ2v) is 8.23. The summed E-state index contributed by atoms with van der Waals surface area (Å²) in [6, 6.07) is 13.5. The van der Waals surface area contributed by atoms with Crippen LogP contribution in [0.1, 0.15) is 25.7 Å². The maximum atomic E-state index is 13.2. The van der Waals surface area contributed by atoms with Gasteiger partial charge in [-0.25, -0.2) is 12.8 Å². The zero-order chi connectivity index (χ0) is 18.6. The largest absolute Gasteiger partial charge is 0.326 e. The molecule has 1 saturated heterocycles. The summed E-state index contributed by atoms with van der Waals surface area (Å²) in [5.74, 6) is -0.760. The van der Waals surface area contributed by atoms with Gasteiger partial charge in [0, 0.05) is 24.7 Å². The fourth-order valence-electron chi connectivity index (χ4n) is 3.21. The van der Waals surface area contributed by atoms with Crippen molar-refractivity contribution in [3.63, 3.8) is 0 Å². The Morgan fingerprint density at radius 1 is 1.12 bits per heavy atom. The van der Waals surface area contributed by atoms with E-state index in [1.54, 1.807) is 36.4 Å². The van der Waals surface area contributed by atoms with E-state index in [1.165, 1.54) is 22.5 Å². The Morgan fingerprint density at radius 3 is 2.62 bits per heavy atom. The third kappa shape index (κ3) is 4.28. The number of hydrogen-bond donors (Lipinski definition) is 1. The highest BCUT2D eigenvalue weighted by molar-refractivity contribution is 7.89. The quantitative estimate of drug-likeness (QED) is 0.870. The lowest BCUT2D eigenvalue weighted by Gasteiger charge is -2.34. The van der Waals surface area contributed by atoms with Gasteiger partial charge < -0.3 is 5.32 Å². The molecule has 1 heterocycles.